The molecule has 0 unspecified atom stereocenters. The molecule has 9 heteroatoms. The summed E-state index contributed by atoms with van der Waals surface area (Å²) in [6.45, 7) is 1.42. The van der Waals surface area contributed by atoms with Crippen LogP contribution >= 0.6 is 0 Å². The van der Waals surface area contributed by atoms with E-state index in [4.69, 9.17) is 0 Å². The number of carbonyl (C=O) groups excluding carboxylic acids is 2. The van der Waals surface area contributed by atoms with Crippen LogP contribution in [-0.2, 0) is 16.1 Å². The van der Waals surface area contributed by atoms with Gasteiger partial charge in [0.2, 0.25) is 11.8 Å². The predicted octanol–water partition coefficient (Wildman–Crippen LogP) is 1.27. The summed E-state index contributed by atoms with van der Waals surface area (Å²) in [7, 11) is 3.98. The van der Waals surface area contributed by atoms with Gasteiger partial charge in [0.05, 0.1) is 18.0 Å². The molecule has 1 aliphatic carbocycles. The number of pyridine rings is 2. The standard InChI is InChI=1S/C27H35N5O4/c1-30(2)12-4-11-29-26(35)24-20(16-33)22-15-31-21(25(24)32(22)23(34)13-17-6-7-17)9-8-19(27(31)36)18-5-3-10-28-14-18/h3,5,8-10,14,17,20,22,24-25,33H,4,6-7,11-13,15-16H2,1-2H3,(H,29,35)/t20-,22-,24+,25+/m0/s1. The quantitative estimate of drug-likeness (QED) is 0.510. The number of amides is 2. The van der Waals surface area contributed by atoms with E-state index in [1.54, 1.807) is 29.1 Å². The van der Waals surface area contributed by atoms with Crippen LogP contribution in [0.4, 0.5) is 0 Å². The molecule has 2 N–H and O–H groups in total. The maximum atomic E-state index is 13.6. The van der Waals surface area contributed by atoms with Gasteiger partial charge < -0.3 is 24.8 Å². The molecule has 4 heterocycles. The molecule has 9 nitrogen and oxygen atoms in total. The molecule has 0 radical (unpaired) electrons. The Hall–Kier alpha value is -3.04. The summed E-state index contributed by atoms with van der Waals surface area (Å²) in [6.07, 6.45) is 6.69. The van der Waals surface area contributed by atoms with E-state index in [-0.39, 0.29) is 30.5 Å². The highest BCUT2D eigenvalue weighted by Gasteiger charge is 2.57. The van der Waals surface area contributed by atoms with Crippen molar-refractivity contribution in [3.63, 3.8) is 0 Å². The van der Waals surface area contributed by atoms with Crippen LogP contribution in [-0.4, -0.2) is 76.1 Å². The van der Waals surface area contributed by atoms with Crippen LogP contribution in [0.25, 0.3) is 11.1 Å². The van der Waals surface area contributed by atoms with Crippen LogP contribution in [0.2, 0.25) is 0 Å². The van der Waals surface area contributed by atoms with Gasteiger partial charge >= 0.3 is 0 Å². The van der Waals surface area contributed by atoms with Crippen molar-refractivity contribution in [3.05, 3.63) is 52.7 Å². The van der Waals surface area contributed by atoms with E-state index >= 15 is 0 Å². The van der Waals surface area contributed by atoms with Gasteiger partial charge in [-0.25, -0.2) is 0 Å². The summed E-state index contributed by atoms with van der Waals surface area (Å²) in [6, 6.07) is 6.30. The molecule has 0 spiro atoms. The highest BCUT2D eigenvalue weighted by Crippen LogP contribution is 2.49. The minimum Gasteiger partial charge on any atom is -0.396 e. The van der Waals surface area contributed by atoms with Gasteiger partial charge in [-0.2, -0.15) is 0 Å². The van der Waals surface area contributed by atoms with Gasteiger partial charge in [-0.15, -0.1) is 0 Å². The van der Waals surface area contributed by atoms with Crippen LogP contribution in [0.15, 0.2) is 41.5 Å². The number of rotatable bonds is 9. The Bertz CT molecular complexity index is 1180. The highest BCUT2D eigenvalue weighted by atomic mass is 16.3. The van der Waals surface area contributed by atoms with Gasteiger partial charge in [-0.1, -0.05) is 6.07 Å². The Labute approximate surface area is 211 Å². The normalized spacial score (nSPS) is 24.6. The second kappa shape index (κ2) is 10.1. The van der Waals surface area contributed by atoms with E-state index in [0.717, 1.165) is 31.4 Å². The molecule has 2 aliphatic heterocycles. The lowest BCUT2D eigenvalue weighted by atomic mass is 9.86. The van der Waals surface area contributed by atoms with Gasteiger partial charge in [0, 0.05) is 61.2 Å². The van der Waals surface area contributed by atoms with Crippen LogP contribution in [0.5, 0.6) is 0 Å². The molecule has 2 amide bonds. The number of carbonyl (C=O) groups is 2. The van der Waals surface area contributed by atoms with Crippen LogP contribution in [0.3, 0.4) is 0 Å². The molecule has 192 valence electrons. The first-order valence-electron chi connectivity index (χ1n) is 12.9. The van der Waals surface area contributed by atoms with E-state index in [0.29, 0.717) is 30.1 Å². The maximum absolute atomic E-state index is 13.6. The van der Waals surface area contributed by atoms with E-state index < -0.39 is 23.9 Å². The lowest BCUT2D eigenvalue weighted by Crippen LogP contribution is -2.49. The minimum atomic E-state index is -0.611. The van der Waals surface area contributed by atoms with Crippen molar-refractivity contribution in [2.24, 2.45) is 17.8 Å². The molecule has 2 bridgehead atoms. The molecule has 2 aromatic rings. The number of nitrogens with one attached hydrogen (secondary N) is 1. The third-order valence-electron chi connectivity index (χ3n) is 7.85. The summed E-state index contributed by atoms with van der Waals surface area (Å²) in [4.78, 5) is 48.6. The third kappa shape index (κ3) is 4.57. The largest absolute Gasteiger partial charge is 0.396 e. The number of aliphatic hydroxyl groups excluding tert-OH is 1. The van der Waals surface area contributed by atoms with Crippen molar-refractivity contribution in [1.82, 2.24) is 24.7 Å². The van der Waals surface area contributed by atoms with Crippen LogP contribution in [0.1, 0.15) is 37.4 Å². The topological polar surface area (TPSA) is 108 Å². The molecule has 2 aromatic heterocycles. The Morgan fingerprint density at radius 3 is 2.69 bits per heavy atom. The van der Waals surface area contributed by atoms with Crippen molar-refractivity contribution in [2.45, 2.75) is 44.3 Å². The van der Waals surface area contributed by atoms with Crippen molar-refractivity contribution >= 4 is 11.8 Å². The zero-order valence-electron chi connectivity index (χ0n) is 21.0. The average Bonchev–Trinajstić information content (AvgIpc) is 3.64. The first-order valence-corrected chi connectivity index (χ1v) is 12.9. The number of aliphatic hydroxyl groups is 1. The SMILES string of the molecule is CN(C)CCCNC(=O)[C@@H]1[C@@H](CO)[C@@H]2Cn3c(ccc(-c4cccnc4)c3=O)[C@H]1N2C(=O)CC1CC1. The molecule has 3 aliphatic rings. The number of aromatic nitrogens is 2. The van der Waals surface area contributed by atoms with Gasteiger partial charge in [-0.05, 0) is 64.0 Å². The molecule has 0 aromatic carbocycles. The molecule has 1 saturated heterocycles. The molecule has 5 rings (SSSR count). The Morgan fingerprint density at radius 2 is 2.03 bits per heavy atom. The van der Waals surface area contributed by atoms with E-state index in [2.05, 4.69) is 15.2 Å². The molecular weight excluding hydrogens is 458 g/mol. The molecule has 4 atom stereocenters. The molecule has 1 saturated carbocycles. The highest BCUT2D eigenvalue weighted by molar-refractivity contribution is 5.84. The van der Waals surface area contributed by atoms with E-state index in [9.17, 15) is 19.5 Å². The van der Waals surface area contributed by atoms with Gasteiger partial charge in [0.25, 0.3) is 5.56 Å². The van der Waals surface area contributed by atoms with Crippen LogP contribution < -0.4 is 10.9 Å². The van der Waals surface area contributed by atoms with E-state index in [1.165, 1.54) is 0 Å². The van der Waals surface area contributed by atoms with Crippen molar-refractivity contribution < 1.29 is 14.7 Å². The fourth-order valence-corrected chi connectivity index (χ4v) is 5.89. The molecule has 2 fully saturated rings. The van der Waals surface area contributed by atoms with Crippen molar-refractivity contribution in [1.29, 1.82) is 0 Å². The van der Waals surface area contributed by atoms with Gasteiger partial charge in [0.1, 0.15) is 0 Å². The van der Waals surface area contributed by atoms with Gasteiger partial charge in [0.15, 0.2) is 0 Å². The Kier molecular flexibility index (Phi) is 6.94. The van der Waals surface area contributed by atoms with Crippen molar-refractivity contribution in [3.8, 4) is 11.1 Å². The number of hydrogen-bond donors (Lipinski definition) is 2. The monoisotopic (exact) mass is 493 g/mol. The summed E-state index contributed by atoms with van der Waals surface area (Å²) in [5.41, 5.74) is 1.77. The summed E-state index contributed by atoms with van der Waals surface area (Å²) in [5.74, 6) is -0.793. The lowest BCUT2D eigenvalue weighted by Gasteiger charge is -2.38. The fourth-order valence-electron chi connectivity index (χ4n) is 5.89. The first kappa shape index (κ1) is 24.6. The average molecular weight is 494 g/mol. The Balaban J connectivity index is 1.51. The summed E-state index contributed by atoms with van der Waals surface area (Å²) >= 11 is 0. The lowest BCUT2D eigenvalue weighted by molar-refractivity contribution is -0.137. The smallest absolute Gasteiger partial charge is 0.258 e. The van der Waals surface area contributed by atoms with Crippen LogP contribution in [0, 0.1) is 17.8 Å². The molecule has 36 heavy (non-hydrogen) atoms. The maximum Gasteiger partial charge on any atom is 0.258 e. The number of hydrogen-bond acceptors (Lipinski definition) is 6. The van der Waals surface area contributed by atoms with E-state index in [1.807, 2.05) is 31.1 Å². The second-order valence-corrected chi connectivity index (χ2v) is 10.6. The number of nitrogens with zero attached hydrogens (tertiary/aromatic N) is 4. The zero-order chi connectivity index (χ0) is 25.4. The van der Waals surface area contributed by atoms with Crippen molar-refractivity contribution in [2.75, 3.05) is 33.8 Å². The first-order chi connectivity index (χ1) is 17.4. The summed E-state index contributed by atoms with van der Waals surface area (Å²) < 4.78 is 1.71. The Morgan fingerprint density at radius 1 is 1.22 bits per heavy atom. The third-order valence-corrected chi connectivity index (χ3v) is 7.85. The fraction of sp³-hybridized carbons (Fsp3) is 0.556. The zero-order valence-corrected chi connectivity index (χ0v) is 21.0. The summed E-state index contributed by atoms with van der Waals surface area (Å²) in [5, 5.41) is 13.5. The predicted molar refractivity (Wildman–Crippen MR) is 135 cm³/mol. The second-order valence-electron chi connectivity index (χ2n) is 10.6. The molecular formula is C27H35N5O4. The number of fused-ring (bicyclic) bond motifs is 4. The van der Waals surface area contributed by atoms with Gasteiger partial charge in [-0.3, -0.25) is 19.4 Å². The minimum absolute atomic E-state index is 0.0175.